The lowest BCUT2D eigenvalue weighted by molar-refractivity contribution is 0.356. The molecule has 1 aromatic rings. The fourth-order valence-corrected chi connectivity index (χ4v) is 3.39. The second-order valence-electron chi connectivity index (χ2n) is 4.42. The molecule has 0 radical (unpaired) electrons. The fourth-order valence-electron chi connectivity index (χ4n) is 2.38. The van der Waals surface area contributed by atoms with Gasteiger partial charge in [0, 0.05) is 6.54 Å². The largest absolute Gasteiger partial charge is 0.277 e. The van der Waals surface area contributed by atoms with Crippen molar-refractivity contribution in [2.75, 3.05) is 6.54 Å². The van der Waals surface area contributed by atoms with Gasteiger partial charge in [-0.15, -0.1) is 0 Å². The van der Waals surface area contributed by atoms with E-state index >= 15 is 0 Å². The minimum Gasteiger partial charge on any atom is -0.216 e. The van der Waals surface area contributed by atoms with Crippen molar-refractivity contribution < 1.29 is 12.8 Å². The molecule has 1 aromatic carbocycles. The van der Waals surface area contributed by atoms with Crippen LogP contribution < -0.4 is 5.14 Å². The maximum Gasteiger partial charge on any atom is 0.277 e. The quantitative estimate of drug-likeness (QED) is 0.871. The Morgan fingerprint density at radius 3 is 2.76 bits per heavy atom. The molecule has 1 aliphatic heterocycles. The molecule has 4 nitrogen and oxygen atoms in total. The summed E-state index contributed by atoms with van der Waals surface area (Å²) in [5.74, 6) is -0.230. The highest BCUT2D eigenvalue weighted by atomic mass is 32.2. The van der Waals surface area contributed by atoms with Crippen molar-refractivity contribution in [2.24, 2.45) is 11.1 Å². The third kappa shape index (κ3) is 2.48. The number of hydrogen-bond donors (Lipinski definition) is 1. The van der Waals surface area contributed by atoms with Crippen LogP contribution in [0.2, 0.25) is 0 Å². The zero-order chi connectivity index (χ0) is 12.6. The van der Waals surface area contributed by atoms with E-state index in [2.05, 4.69) is 0 Å². The van der Waals surface area contributed by atoms with Crippen molar-refractivity contribution >= 4 is 10.2 Å². The van der Waals surface area contributed by atoms with E-state index < -0.39 is 10.2 Å². The van der Waals surface area contributed by atoms with Crippen molar-refractivity contribution in [2.45, 2.75) is 19.4 Å². The standard InChI is InChI=1S/C11H15FN2O2S/c1-8-5-6-14(17(13,15)16)11(8)9-3-2-4-10(12)7-9/h2-4,7-8,11H,5-6H2,1H3,(H2,13,15,16). The van der Waals surface area contributed by atoms with E-state index in [4.69, 9.17) is 5.14 Å². The minimum absolute atomic E-state index is 0.134. The highest BCUT2D eigenvalue weighted by Crippen LogP contribution is 2.38. The van der Waals surface area contributed by atoms with Gasteiger partial charge in [-0.2, -0.15) is 12.7 Å². The van der Waals surface area contributed by atoms with Crippen LogP contribution in [0.3, 0.4) is 0 Å². The van der Waals surface area contributed by atoms with Crippen LogP contribution in [0.15, 0.2) is 24.3 Å². The first kappa shape index (κ1) is 12.5. The van der Waals surface area contributed by atoms with E-state index in [-0.39, 0.29) is 17.8 Å². The second kappa shape index (κ2) is 4.36. The maximum absolute atomic E-state index is 13.2. The Balaban J connectivity index is 2.41. The Hall–Kier alpha value is -0.980. The molecule has 2 atom stereocenters. The molecule has 1 fully saturated rings. The van der Waals surface area contributed by atoms with Crippen molar-refractivity contribution in [3.8, 4) is 0 Å². The van der Waals surface area contributed by atoms with Crippen molar-refractivity contribution in [1.29, 1.82) is 0 Å². The lowest BCUT2D eigenvalue weighted by Gasteiger charge is -2.24. The predicted octanol–water partition coefficient (Wildman–Crippen LogP) is 1.41. The molecule has 0 amide bonds. The number of nitrogens with zero attached hydrogens (tertiary/aromatic N) is 1. The molecule has 2 N–H and O–H groups in total. The Kier molecular flexibility index (Phi) is 3.20. The van der Waals surface area contributed by atoms with E-state index in [1.807, 2.05) is 6.92 Å². The van der Waals surface area contributed by atoms with Gasteiger partial charge in [-0.05, 0) is 30.0 Å². The van der Waals surface area contributed by atoms with Gasteiger partial charge in [0.1, 0.15) is 5.82 Å². The number of rotatable bonds is 2. The van der Waals surface area contributed by atoms with Gasteiger partial charge in [0.2, 0.25) is 0 Å². The van der Waals surface area contributed by atoms with Crippen molar-refractivity contribution in [3.05, 3.63) is 35.6 Å². The summed E-state index contributed by atoms with van der Waals surface area (Å²) in [5, 5.41) is 5.17. The highest BCUT2D eigenvalue weighted by Gasteiger charge is 2.38. The first-order valence-electron chi connectivity index (χ1n) is 5.44. The summed E-state index contributed by atoms with van der Waals surface area (Å²) >= 11 is 0. The summed E-state index contributed by atoms with van der Waals surface area (Å²) in [6.07, 6.45) is 0.734. The number of halogens is 1. The molecule has 17 heavy (non-hydrogen) atoms. The van der Waals surface area contributed by atoms with Crippen LogP contribution in [0.5, 0.6) is 0 Å². The molecule has 1 heterocycles. The molecule has 0 spiro atoms. The van der Waals surface area contributed by atoms with Crippen LogP contribution in [0.4, 0.5) is 4.39 Å². The van der Waals surface area contributed by atoms with Gasteiger partial charge in [-0.1, -0.05) is 19.1 Å². The molecule has 94 valence electrons. The topological polar surface area (TPSA) is 63.4 Å². The normalized spacial score (nSPS) is 26.3. The van der Waals surface area contributed by atoms with Crippen LogP contribution >= 0.6 is 0 Å². The van der Waals surface area contributed by atoms with Crippen molar-refractivity contribution in [3.63, 3.8) is 0 Å². The molecule has 0 aliphatic carbocycles. The monoisotopic (exact) mass is 258 g/mol. The third-order valence-corrected chi connectivity index (χ3v) is 4.23. The van der Waals surface area contributed by atoms with Crippen LogP contribution in [0, 0.1) is 11.7 Å². The molecule has 6 heteroatoms. The zero-order valence-corrected chi connectivity index (χ0v) is 10.3. The van der Waals surface area contributed by atoms with Gasteiger partial charge >= 0.3 is 0 Å². The average Bonchev–Trinajstić information content (AvgIpc) is 2.59. The highest BCUT2D eigenvalue weighted by molar-refractivity contribution is 7.86. The number of benzene rings is 1. The lowest BCUT2D eigenvalue weighted by Crippen LogP contribution is -2.37. The van der Waals surface area contributed by atoms with Crippen molar-refractivity contribution in [1.82, 2.24) is 4.31 Å². The molecule has 2 rings (SSSR count). The molecular formula is C11H15FN2O2S. The van der Waals surface area contributed by atoms with E-state index in [9.17, 15) is 12.8 Å². The third-order valence-electron chi connectivity index (χ3n) is 3.17. The Labute approximate surface area is 100 Å². The van der Waals surface area contributed by atoms with E-state index in [0.29, 0.717) is 12.1 Å². The first-order valence-corrected chi connectivity index (χ1v) is 6.95. The van der Waals surface area contributed by atoms with Gasteiger partial charge in [-0.3, -0.25) is 0 Å². The van der Waals surface area contributed by atoms with Crippen LogP contribution in [-0.4, -0.2) is 19.3 Å². The number of nitrogens with two attached hydrogens (primary N) is 1. The van der Waals surface area contributed by atoms with Gasteiger partial charge in [0.05, 0.1) is 6.04 Å². The van der Waals surface area contributed by atoms with Crippen LogP contribution in [0.1, 0.15) is 24.9 Å². The Bertz CT molecular complexity index is 518. The molecular weight excluding hydrogens is 243 g/mol. The summed E-state index contributed by atoms with van der Waals surface area (Å²) in [7, 11) is -3.73. The molecule has 0 aromatic heterocycles. The van der Waals surface area contributed by atoms with Gasteiger partial charge < -0.3 is 0 Å². The van der Waals surface area contributed by atoms with Crippen LogP contribution in [0.25, 0.3) is 0 Å². The summed E-state index contributed by atoms with van der Waals surface area (Å²) in [4.78, 5) is 0. The van der Waals surface area contributed by atoms with E-state index in [1.54, 1.807) is 12.1 Å². The van der Waals surface area contributed by atoms with Gasteiger partial charge in [0.25, 0.3) is 10.2 Å². The average molecular weight is 258 g/mol. The summed E-state index contributed by atoms with van der Waals surface area (Å²) in [5.41, 5.74) is 0.657. The SMILES string of the molecule is CC1CCN(S(N)(=O)=O)C1c1cccc(F)c1. The van der Waals surface area contributed by atoms with E-state index in [0.717, 1.165) is 6.42 Å². The predicted molar refractivity (Wildman–Crippen MR) is 62.7 cm³/mol. The summed E-state index contributed by atoms with van der Waals surface area (Å²) < 4.78 is 37.3. The lowest BCUT2D eigenvalue weighted by atomic mass is 9.96. The van der Waals surface area contributed by atoms with Gasteiger partial charge in [0.15, 0.2) is 0 Å². The summed E-state index contributed by atoms with van der Waals surface area (Å²) in [6.45, 7) is 2.34. The zero-order valence-electron chi connectivity index (χ0n) is 9.51. The Morgan fingerprint density at radius 2 is 2.18 bits per heavy atom. The molecule has 1 aliphatic rings. The molecule has 2 unspecified atom stereocenters. The Morgan fingerprint density at radius 1 is 1.47 bits per heavy atom. The van der Waals surface area contributed by atoms with Crippen LogP contribution in [-0.2, 0) is 10.2 Å². The molecule has 0 saturated carbocycles. The first-order chi connectivity index (χ1) is 7.89. The minimum atomic E-state index is -3.73. The van der Waals surface area contributed by atoms with E-state index in [1.165, 1.54) is 16.4 Å². The maximum atomic E-state index is 13.2. The number of hydrogen-bond acceptors (Lipinski definition) is 2. The smallest absolute Gasteiger partial charge is 0.216 e. The molecule has 1 saturated heterocycles. The second-order valence-corrected chi connectivity index (χ2v) is 5.92. The molecule has 0 bridgehead atoms. The fraction of sp³-hybridized carbons (Fsp3) is 0.455. The summed E-state index contributed by atoms with van der Waals surface area (Å²) in [6, 6.07) is 5.65. The van der Waals surface area contributed by atoms with Gasteiger partial charge in [-0.25, -0.2) is 9.53 Å².